The summed E-state index contributed by atoms with van der Waals surface area (Å²) in [5.41, 5.74) is 1.51. The number of amides is 1. The van der Waals surface area contributed by atoms with Gasteiger partial charge < -0.3 is 14.6 Å². The van der Waals surface area contributed by atoms with E-state index in [1.807, 2.05) is 11.6 Å². The van der Waals surface area contributed by atoms with Gasteiger partial charge in [0, 0.05) is 26.6 Å². The Morgan fingerprint density at radius 1 is 1.38 bits per heavy atom. The van der Waals surface area contributed by atoms with Crippen molar-refractivity contribution in [2.45, 2.75) is 39.7 Å². The van der Waals surface area contributed by atoms with Crippen LogP contribution in [-0.4, -0.2) is 34.7 Å². The number of carbonyl (C=O) groups is 1. The first kappa shape index (κ1) is 18.4. The number of ether oxygens (including phenoxy) is 1. The predicted molar refractivity (Wildman–Crippen MR) is 92.3 cm³/mol. The summed E-state index contributed by atoms with van der Waals surface area (Å²) in [6.07, 6.45) is 1.06. The van der Waals surface area contributed by atoms with Crippen molar-refractivity contribution in [2.75, 3.05) is 13.2 Å². The van der Waals surface area contributed by atoms with Crippen LogP contribution in [0.5, 0.6) is 0 Å². The molecule has 5 nitrogen and oxygen atoms in total. The number of rotatable bonds is 8. The van der Waals surface area contributed by atoms with Crippen molar-refractivity contribution in [3.63, 3.8) is 0 Å². The number of fused-ring (bicyclic) bond motifs is 1. The fraction of sp³-hybridized carbons (Fsp3) is 0.556. The van der Waals surface area contributed by atoms with E-state index in [-0.39, 0.29) is 11.7 Å². The second-order valence-electron chi connectivity index (χ2n) is 6.46. The zero-order valence-corrected chi connectivity index (χ0v) is 14.8. The monoisotopic (exact) mass is 335 g/mol. The Bertz CT molecular complexity index is 697. The second kappa shape index (κ2) is 8.24. The van der Waals surface area contributed by atoms with Crippen molar-refractivity contribution < 1.29 is 13.9 Å². The SMILES string of the molecule is CC(C)CCO[C@@H](C)C(=O)NCCc1nc2ccc(F)cc2n1C. The third kappa shape index (κ3) is 4.77. The van der Waals surface area contributed by atoms with Crippen LogP contribution < -0.4 is 5.32 Å². The average molecular weight is 335 g/mol. The predicted octanol–water partition coefficient (Wildman–Crippen LogP) is 2.82. The molecular formula is C18H26FN3O2. The van der Waals surface area contributed by atoms with E-state index in [0.29, 0.717) is 25.5 Å². The zero-order chi connectivity index (χ0) is 17.7. The lowest BCUT2D eigenvalue weighted by molar-refractivity contribution is -0.131. The van der Waals surface area contributed by atoms with Crippen molar-refractivity contribution in [1.82, 2.24) is 14.9 Å². The summed E-state index contributed by atoms with van der Waals surface area (Å²) in [7, 11) is 1.85. The van der Waals surface area contributed by atoms with Crippen LogP contribution in [0.15, 0.2) is 18.2 Å². The largest absolute Gasteiger partial charge is 0.369 e. The van der Waals surface area contributed by atoms with E-state index >= 15 is 0 Å². The lowest BCUT2D eigenvalue weighted by Crippen LogP contribution is -2.36. The van der Waals surface area contributed by atoms with Crippen LogP contribution in [-0.2, 0) is 23.0 Å². The molecule has 1 heterocycles. The molecule has 0 spiro atoms. The number of hydrogen-bond donors (Lipinski definition) is 1. The van der Waals surface area contributed by atoms with Crippen LogP contribution in [0.3, 0.4) is 0 Å². The smallest absolute Gasteiger partial charge is 0.248 e. The Morgan fingerprint density at radius 3 is 2.83 bits per heavy atom. The molecule has 1 aromatic carbocycles. The Hall–Kier alpha value is -1.95. The maximum Gasteiger partial charge on any atom is 0.248 e. The molecule has 0 saturated heterocycles. The van der Waals surface area contributed by atoms with Crippen LogP contribution in [0.2, 0.25) is 0 Å². The fourth-order valence-corrected chi connectivity index (χ4v) is 2.43. The van der Waals surface area contributed by atoms with E-state index in [2.05, 4.69) is 24.1 Å². The quantitative estimate of drug-likeness (QED) is 0.807. The summed E-state index contributed by atoms with van der Waals surface area (Å²) < 4.78 is 20.7. The Kier molecular flexibility index (Phi) is 6.31. The number of imidazole rings is 1. The van der Waals surface area contributed by atoms with Gasteiger partial charge in [0.05, 0.1) is 11.0 Å². The molecule has 0 bridgehead atoms. The number of aromatic nitrogens is 2. The van der Waals surface area contributed by atoms with E-state index in [9.17, 15) is 9.18 Å². The molecule has 0 fully saturated rings. The number of nitrogens with one attached hydrogen (secondary N) is 1. The number of halogens is 1. The summed E-state index contributed by atoms with van der Waals surface area (Å²) in [6.45, 7) is 7.06. The van der Waals surface area contributed by atoms with Gasteiger partial charge in [0.15, 0.2) is 0 Å². The third-order valence-corrected chi connectivity index (χ3v) is 4.02. The standard InChI is InChI=1S/C18H26FN3O2/c1-12(2)8-10-24-13(3)18(23)20-9-7-17-21-15-6-5-14(19)11-16(15)22(17)4/h5-6,11-13H,7-10H2,1-4H3,(H,20,23)/t13-/m0/s1. The van der Waals surface area contributed by atoms with E-state index in [4.69, 9.17) is 4.74 Å². The highest BCUT2D eigenvalue weighted by Crippen LogP contribution is 2.16. The Balaban J connectivity index is 1.83. The van der Waals surface area contributed by atoms with Gasteiger partial charge in [0.25, 0.3) is 0 Å². The van der Waals surface area contributed by atoms with Gasteiger partial charge in [-0.1, -0.05) is 13.8 Å². The normalized spacial score (nSPS) is 12.8. The van der Waals surface area contributed by atoms with E-state index in [1.54, 1.807) is 13.0 Å². The number of benzene rings is 1. The lowest BCUT2D eigenvalue weighted by atomic mass is 10.1. The first-order chi connectivity index (χ1) is 11.4. The molecule has 1 aromatic heterocycles. The molecule has 24 heavy (non-hydrogen) atoms. The van der Waals surface area contributed by atoms with Crippen molar-refractivity contribution >= 4 is 16.9 Å². The molecule has 6 heteroatoms. The molecule has 132 valence electrons. The number of hydrogen-bond acceptors (Lipinski definition) is 3. The minimum atomic E-state index is -0.460. The molecule has 0 aliphatic heterocycles. The van der Waals surface area contributed by atoms with Crippen molar-refractivity contribution in [3.8, 4) is 0 Å². The molecule has 2 rings (SSSR count). The molecule has 1 atom stereocenters. The van der Waals surface area contributed by atoms with Gasteiger partial charge in [-0.2, -0.15) is 0 Å². The summed E-state index contributed by atoms with van der Waals surface area (Å²) in [4.78, 5) is 16.5. The van der Waals surface area contributed by atoms with Gasteiger partial charge in [-0.25, -0.2) is 9.37 Å². The summed E-state index contributed by atoms with van der Waals surface area (Å²) >= 11 is 0. The van der Waals surface area contributed by atoms with Crippen molar-refractivity contribution in [2.24, 2.45) is 13.0 Å². The Morgan fingerprint density at radius 2 is 2.12 bits per heavy atom. The molecule has 1 amide bonds. The molecule has 2 aromatic rings. The Labute approximate surface area is 142 Å². The topological polar surface area (TPSA) is 56.1 Å². The highest BCUT2D eigenvalue weighted by Gasteiger charge is 2.14. The summed E-state index contributed by atoms with van der Waals surface area (Å²) in [5, 5.41) is 2.86. The summed E-state index contributed by atoms with van der Waals surface area (Å²) in [6, 6.07) is 4.53. The lowest BCUT2D eigenvalue weighted by Gasteiger charge is -2.14. The molecule has 0 saturated carbocycles. The van der Waals surface area contributed by atoms with Crippen molar-refractivity contribution in [3.05, 3.63) is 29.8 Å². The van der Waals surface area contributed by atoms with Gasteiger partial charge in [0.2, 0.25) is 5.91 Å². The van der Waals surface area contributed by atoms with Gasteiger partial charge in [-0.3, -0.25) is 4.79 Å². The first-order valence-electron chi connectivity index (χ1n) is 8.38. The van der Waals surface area contributed by atoms with Crippen LogP contribution >= 0.6 is 0 Å². The second-order valence-corrected chi connectivity index (χ2v) is 6.46. The number of nitrogens with zero attached hydrogens (tertiary/aromatic N) is 2. The molecular weight excluding hydrogens is 309 g/mol. The molecule has 0 aliphatic rings. The van der Waals surface area contributed by atoms with Gasteiger partial charge >= 0.3 is 0 Å². The highest BCUT2D eigenvalue weighted by atomic mass is 19.1. The minimum Gasteiger partial charge on any atom is -0.369 e. The van der Waals surface area contributed by atoms with E-state index in [1.165, 1.54) is 12.1 Å². The highest BCUT2D eigenvalue weighted by molar-refractivity contribution is 5.80. The van der Waals surface area contributed by atoms with Crippen molar-refractivity contribution in [1.29, 1.82) is 0 Å². The molecule has 0 aliphatic carbocycles. The average Bonchev–Trinajstić information content (AvgIpc) is 2.83. The minimum absolute atomic E-state index is 0.122. The molecule has 0 radical (unpaired) electrons. The fourth-order valence-electron chi connectivity index (χ4n) is 2.43. The van der Waals surface area contributed by atoms with Crippen LogP contribution in [0, 0.1) is 11.7 Å². The van der Waals surface area contributed by atoms with E-state index in [0.717, 1.165) is 23.3 Å². The van der Waals surface area contributed by atoms with Crippen LogP contribution in [0.4, 0.5) is 4.39 Å². The maximum atomic E-state index is 13.3. The number of carbonyl (C=O) groups excluding carboxylic acids is 1. The number of aryl methyl sites for hydroxylation is 1. The maximum absolute atomic E-state index is 13.3. The third-order valence-electron chi connectivity index (χ3n) is 4.02. The first-order valence-corrected chi connectivity index (χ1v) is 8.38. The van der Waals surface area contributed by atoms with Crippen LogP contribution in [0.1, 0.15) is 33.0 Å². The summed E-state index contributed by atoms with van der Waals surface area (Å²) in [5.74, 6) is 0.966. The van der Waals surface area contributed by atoms with Gasteiger partial charge in [0.1, 0.15) is 17.7 Å². The zero-order valence-electron chi connectivity index (χ0n) is 14.8. The molecule has 1 N–H and O–H groups in total. The van der Waals surface area contributed by atoms with Gasteiger partial charge in [-0.05, 0) is 37.5 Å². The molecule has 0 unspecified atom stereocenters. The van der Waals surface area contributed by atoms with Crippen LogP contribution in [0.25, 0.3) is 11.0 Å². The van der Waals surface area contributed by atoms with E-state index < -0.39 is 6.10 Å². The van der Waals surface area contributed by atoms with Gasteiger partial charge in [-0.15, -0.1) is 0 Å².